The number of ether oxygens (including phenoxy) is 1. The number of hydrogen-bond donors (Lipinski definition) is 1. The summed E-state index contributed by atoms with van der Waals surface area (Å²) >= 11 is 11.2. The van der Waals surface area contributed by atoms with Gasteiger partial charge >= 0.3 is 0 Å². The van der Waals surface area contributed by atoms with Crippen LogP contribution in [0.15, 0.2) is 18.2 Å². The molecule has 0 aliphatic carbocycles. The maximum Gasteiger partial charge on any atom is 0.106 e. The monoisotopic (exact) mass is 298 g/mol. The Labute approximate surface area is 124 Å². The largest absolute Gasteiger partial charge is 0.389 e. The van der Waals surface area contributed by atoms with Gasteiger partial charge in [-0.05, 0) is 38.0 Å². The summed E-state index contributed by atoms with van der Waals surface area (Å²) in [5.74, 6) is 0. The van der Waals surface area contributed by atoms with Crippen LogP contribution in [-0.4, -0.2) is 30.8 Å². The van der Waals surface area contributed by atoms with E-state index in [1.807, 2.05) is 18.2 Å². The highest BCUT2D eigenvalue weighted by molar-refractivity contribution is 7.80. The fraction of sp³-hybridized carbons (Fsp3) is 0.500. The molecule has 2 rings (SSSR count). The van der Waals surface area contributed by atoms with E-state index < -0.39 is 0 Å². The van der Waals surface area contributed by atoms with Crippen molar-refractivity contribution in [2.75, 3.05) is 25.1 Å². The van der Waals surface area contributed by atoms with Crippen LogP contribution in [0.25, 0.3) is 0 Å². The van der Waals surface area contributed by atoms with Gasteiger partial charge in [0, 0.05) is 36.5 Å². The van der Waals surface area contributed by atoms with Gasteiger partial charge in [-0.25, -0.2) is 0 Å². The average molecular weight is 299 g/mol. The molecule has 1 aliphatic rings. The predicted octanol–water partition coefficient (Wildman–Crippen LogP) is 2.98. The number of anilines is 1. The smallest absolute Gasteiger partial charge is 0.106 e. The number of rotatable bonds is 3. The van der Waals surface area contributed by atoms with Crippen LogP contribution in [0.4, 0.5) is 5.69 Å². The fourth-order valence-electron chi connectivity index (χ4n) is 2.56. The van der Waals surface area contributed by atoms with E-state index in [-0.39, 0.29) is 5.60 Å². The van der Waals surface area contributed by atoms with Gasteiger partial charge in [0.25, 0.3) is 0 Å². The summed E-state index contributed by atoms with van der Waals surface area (Å²) in [7, 11) is 1.76. The summed E-state index contributed by atoms with van der Waals surface area (Å²) in [6.45, 7) is 3.95. The van der Waals surface area contributed by atoms with Gasteiger partial charge in [-0.1, -0.05) is 23.8 Å². The first-order valence-electron chi connectivity index (χ1n) is 6.35. The van der Waals surface area contributed by atoms with E-state index >= 15 is 0 Å². The summed E-state index contributed by atoms with van der Waals surface area (Å²) < 4.78 is 5.62. The molecule has 0 amide bonds. The second-order valence-corrected chi connectivity index (χ2v) is 6.08. The van der Waals surface area contributed by atoms with Gasteiger partial charge in [0.15, 0.2) is 0 Å². The zero-order valence-corrected chi connectivity index (χ0v) is 12.9. The molecule has 104 valence electrons. The first-order valence-corrected chi connectivity index (χ1v) is 7.13. The number of nitrogens with two attached hydrogens (primary N) is 1. The zero-order valence-electron chi connectivity index (χ0n) is 11.3. The quantitative estimate of drug-likeness (QED) is 0.871. The molecule has 2 N–H and O–H groups in total. The van der Waals surface area contributed by atoms with Crippen LogP contribution >= 0.6 is 23.8 Å². The third-order valence-corrected chi connectivity index (χ3v) is 4.17. The van der Waals surface area contributed by atoms with Crippen molar-refractivity contribution < 1.29 is 4.74 Å². The van der Waals surface area contributed by atoms with E-state index in [1.54, 1.807) is 7.11 Å². The molecule has 1 aromatic rings. The number of thiocarbonyl (C=S) groups is 1. The van der Waals surface area contributed by atoms with Crippen LogP contribution in [0.1, 0.15) is 25.3 Å². The number of benzene rings is 1. The topological polar surface area (TPSA) is 38.5 Å². The van der Waals surface area contributed by atoms with Crippen LogP contribution in [0.3, 0.4) is 0 Å². The van der Waals surface area contributed by atoms with E-state index in [9.17, 15) is 0 Å². The summed E-state index contributed by atoms with van der Waals surface area (Å²) in [5.41, 5.74) is 7.56. The average Bonchev–Trinajstić information content (AvgIpc) is 2.38. The molecule has 0 spiro atoms. The van der Waals surface area contributed by atoms with E-state index in [1.165, 1.54) is 0 Å². The normalized spacial score (nSPS) is 23.4. The van der Waals surface area contributed by atoms with E-state index in [0.29, 0.717) is 10.0 Å². The highest BCUT2D eigenvalue weighted by atomic mass is 35.5. The summed E-state index contributed by atoms with van der Waals surface area (Å²) in [5, 5.41) is 0.651. The number of nitrogens with zero attached hydrogens (tertiary/aromatic N) is 1. The molecule has 1 saturated heterocycles. The SMILES string of the molecule is COC1(C)CCCN(c2ccc(Cl)cc2C(N)=S)C1. The molecule has 1 atom stereocenters. The van der Waals surface area contributed by atoms with E-state index in [4.69, 9.17) is 34.3 Å². The molecule has 0 radical (unpaired) electrons. The van der Waals surface area contributed by atoms with Crippen molar-refractivity contribution in [3.8, 4) is 0 Å². The zero-order chi connectivity index (χ0) is 14.0. The van der Waals surface area contributed by atoms with Gasteiger partial charge in [0.05, 0.1) is 5.60 Å². The Balaban J connectivity index is 2.33. The Bertz CT molecular complexity index is 494. The summed E-state index contributed by atoms with van der Waals surface area (Å²) in [6.07, 6.45) is 2.15. The number of halogens is 1. The first-order chi connectivity index (χ1) is 8.95. The van der Waals surface area contributed by atoms with Crippen molar-refractivity contribution in [2.45, 2.75) is 25.4 Å². The lowest BCUT2D eigenvalue weighted by atomic mass is 9.94. The Morgan fingerprint density at radius 1 is 1.53 bits per heavy atom. The maximum atomic E-state index is 6.02. The Morgan fingerprint density at radius 3 is 2.89 bits per heavy atom. The number of piperidine rings is 1. The minimum absolute atomic E-state index is 0.120. The molecule has 19 heavy (non-hydrogen) atoms. The standard InChI is InChI=1S/C14H19ClN2OS/c1-14(18-2)6-3-7-17(9-14)12-5-4-10(15)8-11(12)13(16)19/h4-5,8H,3,6-7,9H2,1-2H3,(H2,16,19). The van der Waals surface area contributed by atoms with Crippen LogP contribution in [0, 0.1) is 0 Å². The molecule has 1 unspecified atom stereocenters. The van der Waals surface area contributed by atoms with Gasteiger partial charge in [0.2, 0.25) is 0 Å². The maximum absolute atomic E-state index is 6.02. The molecule has 3 nitrogen and oxygen atoms in total. The van der Waals surface area contributed by atoms with Crippen molar-refractivity contribution >= 4 is 34.5 Å². The third-order valence-electron chi connectivity index (χ3n) is 3.72. The lowest BCUT2D eigenvalue weighted by Gasteiger charge is -2.41. The minimum atomic E-state index is -0.120. The Kier molecular flexibility index (Phi) is 4.33. The molecule has 1 heterocycles. The number of methoxy groups -OCH3 is 1. The second kappa shape index (κ2) is 5.65. The molecule has 1 aliphatic heterocycles. The Morgan fingerprint density at radius 2 is 2.26 bits per heavy atom. The lowest BCUT2D eigenvalue weighted by molar-refractivity contribution is -0.00465. The molecular weight excluding hydrogens is 280 g/mol. The minimum Gasteiger partial charge on any atom is -0.389 e. The molecule has 0 aromatic heterocycles. The molecular formula is C14H19ClN2OS. The van der Waals surface area contributed by atoms with E-state index in [2.05, 4.69) is 11.8 Å². The first kappa shape index (κ1) is 14.6. The number of hydrogen-bond acceptors (Lipinski definition) is 3. The van der Waals surface area contributed by atoms with Crippen molar-refractivity contribution in [1.29, 1.82) is 0 Å². The molecule has 1 fully saturated rings. The summed E-state index contributed by atoms with van der Waals surface area (Å²) in [4.78, 5) is 2.65. The van der Waals surface area contributed by atoms with Crippen molar-refractivity contribution in [2.24, 2.45) is 5.73 Å². The van der Waals surface area contributed by atoms with Crippen LogP contribution in [0.2, 0.25) is 5.02 Å². The van der Waals surface area contributed by atoms with E-state index in [0.717, 1.165) is 37.2 Å². The van der Waals surface area contributed by atoms with Crippen molar-refractivity contribution in [3.63, 3.8) is 0 Å². The van der Waals surface area contributed by atoms with Crippen molar-refractivity contribution in [3.05, 3.63) is 28.8 Å². The van der Waals surface area contributed by atoms with Crippen LogP contribution < -0.4 is 10.6 Å². The van der Waals surface area contributed by atoms with Gasteiger partial charge < -0.3 is 15.4 Å². The van der Waals surface area contributed by atoms with Crippen LogP contribution in [0.5, 0.6) is 0 Å². The molecule has 0 bridgehead atoms. The molecule has 0 saturated carbocycles. The summed E-state index contributed by atoms with van der Waals surface area (Å²) in [6, 6.07) is 5.69. The third kappa shape index (κ3) is 3.19. The Hall–Kier alpha value is -0.840. The molecule has 5 heteroatoms. The van der Waals surface area contributed by atoms with Gasteiger partial charge in [-0.2, -0.15) is 0 Å². The van der Waals surface area contributed by atoms with Crippen LogP contribution in [-0.2, 0) is 4.74 Å². The van der Waals surface area contributed by atoms with Gasteiger partial charge in [-0.15, -0.1) is 0 Å². The van der Waals surface area contributed by atoms with Crippen molar-refractivity contribution in [1.82, 2.24) is 0 Å². The highest BCUT2D eigenvalue weighted by Crippen LogP contribution is 2.31. The lowest BCUT2D eigenvalue weighted by Crippen LogP contribution is -2.48. The van der Waals surface area contributed by atoms with Gasteiger partial charge in [0.1, 0.15) is 4.99 Å². The fourth-order valence-corrected chi connectivity index (χ4v) is 2.89. The highest BCUT2D eigenvalue weighted by Gasteiger charge is 2.31. The second-order valence-electron chi connectivity index (χ2n) is 5.20. The predicted molar refractivity (Wildman–Crippen MR) is 84.2 cm³/mol. The molecule has 1 aromatic carbocycles. The van der Waals surface area contributed by atoms with Gasteiger partial charge in [-0.3, -0.25) is 0 Å².